The molecule has 8 heteroatoms. The van der Waals surface area contributed by atoms with Crippen LogP contribution in [0.3, 0.4) is 0 Å². The van der Waals surface area contributed by atoms with Crippen molar-refractivity contribution in [1.82, 2.24) is 10.6 Å². The molecule has 0 aromatic heterocycles. The normalized spacial score (nSPS) is 13.2. The van der Waals surface area contributed by atoms with Crippen molar-refractivity contribution in [2.75, 3.05) is 24.7 Å². The molecule has 7 nitrogen and oxygen atoms in total. The van der Waals surface area contributed by atoms with Gasteiger partial charge in [-0.3, -0.25) is 9.59 Å². The van der Waals surface area contributed by atoms with Crippen LogP contribution < -0.4 is 10.6 Å². The maximum absolute atomic E-state index is 12.5. The maximum Gasteiger partial charge on any atom is 0.407 e. The van der Waals surface area contributed by atoms with Gasteiger partial charge in [0.25, 0.3) is 0 Å². The van der Waals surface area contributed by atoms with E-state index in [4.69, 9.17) is 9.84 Å². The number of alkyl carbamates (subject to hydrolysis) is 1. The van der Waals surface area contributed by atoms with E-state index in [0.717, 1.165) is 22.3 Å². The Balaban J connectivity index is 1.55. The van der Waals surface area contributed by atoms with Crippen LogP contribution in [-0.2, 0) is 14.3 Å². The Morgan fingerprint density at radius 3 is 2.19 bits per heavy atom. The SMILES string of the molecule is CC(C)[C@H](NC(=O)OCC1c2ccccc2-c2ccccc21)C(=O)NCCSCC(=O)O. The Hall–Kier alpha value is -3.00. The van der Waals surface area contributed by atoms with Crippen LogP contribution in [0.2, 0.25) is 0 Å². The minimum Gasteiger partial charge on any atom is -0.481 e. The monoisotopic (exact) mass is 456 g/mol. The molecule has 2 aromatic rings. The molecule has 3 N–H and O–H groups in total. The zero-order valence-electron chi connectivity index (χ0n) is 18.2. The molecule has 1 aliphatic rings. The average Bonchev–Trinajstić information content (AvgIpc) is 3.09. The number of rotatable bonds is 10. The van der Waals surface area contributed by atoms with Gasteiger partial charge in [0.2, 0.25) is 5.91 Å². The summed E-state index contributed by atoms with van der Waals surface area (Å²) >= 11 is 1.22. The molecule has 32 heavy (non-hydrogen) atoms. The van der Waals surface area contributed by atoms with E-state index in [9.17, 15) is 14.4 Å². The minimum atomic E-state index is -0.890. The molecule has 170 valence electrons. The third kappa shape index (κ3) is 5.82. The highest BCUT2D eigenvalue weighted by molar-refractivity contribution is 7.99. The minimum absolute atomic E-state index is 0.0124. The topological polar surface area (TPSA) is 105 Å². The van der Waals surface area contributed by atoms with Gasteiger partial charge < -0.3 is 20.5 Å². The van der Waals surface area contributed by atoms with Crippen LogP contribution in [0.4, 0.5) is 4.79 Å². The summed E-state index contributed by atoms with van der Waals surface area (Å²) in [6.07, 6.45) is -0.638. The number of carboxylic acids is 1. The molecule has 3 rings (SSSR count). The summed E-state index contributed by atoms with van der Waals surface area (Å²) in [5.41, 5.74) is 4.55. The van der Waals surface area contributed by atoms with Crippen LogP contribution >= 0.6 is 11.8 Å². The fraction of sp³-hybridized carbons (Fsp3) is 0.375. The first kappa shape index (κ1) is 23.7. The number of aliphatic carboxylic acids is 1. The van der Waals surface area contributed by atoms with Gasteiger partial charge in [0.1, 0.15) is 12.6 Å². The molecule has 2 amide bonds. The number of nitrogens with one attached hydrogen (secondary N) is 2. The number of hydrogen-bond acceptors (Lipinski definition) is 5. The fourth-order valence-corrected chi connectivity index (χ4v) is 4.38. The lowest BCUT2D eigenvalue weighted by Crippen LogP contribution is -2.50. The third-order valence-corrected chi connectivity index (χ3v) is 6.28. The molecule has 2 aromatic carbocycles. The third-order valence-electron chi connectivity index (χ3n) is 5.34. The summed E-state index contributed by atoms with van der Waals surface area (Å²) in [6, 6.07) is 15.5. The Kier molecular flexibility index (Phi) is 8.16. The molecule has 0 saturated heterocycles. The van der Waals surface area contributed by atoms with E-state index in [1.54, 1.807) is 0 Å². The lowest BCUT2D eigenvalue weighted by molar-refractivity contribution is -0.133. The smallest absolute Gasteiger partial charge is 0.407 e. The number of carboxylic acid groups (broad SMARTS) is 1. The molecule has 0 bridgehead atoms. The van der Waals surface area contributed by atoms with E-state index in [1.807, 2.05) is 50.2 Å². The van der Waals surface area contributed by atoms with Gasteiger partial charge in [0.15, 0.2) is 0 Å². The Labute approximate surface area is 191 Å². The Morgan fingerprint density at radius 2 is 1.62 bits per heavy atom. The van der Waals surface area contributed by atoms with Crippen LogP contribution in [0.5, 0.6) is 0 Å². The maximum atomic E-state index is 12.5. The van der Waals surface area contributed by atoms with Gasteiger partial charge in [0.05, 0.1) is 5.75 Å². The van der Waals surface area contributed by atoms with Gasteiger partial charge in [-0.15, -0.1) is 11.8 Å². The lowest BCUT2D eigenvalue weighted by Gasteiger charge is -2.22. The van der Waals surface area contributed by atoms with Crippen molar-refractivity contribution < 1.29 is 24.2 Å². The highest BCUT2D eigenvalue weighted by Crippen LogP contribution is 2.44. The van der Waals surface area contributed by atoms with E-state index >= 15 is 0 Å². The summed E-state index contributed by atoms with van der Waals surface area (Å²) < 4.78 is 5.54. The quantitative estimate of drug-likeness (QED) is 0.473. The second kappa shape index (κ2) is 11.0. The van der Waals surface area contributed by atoms with Crippen LogP contribution in [0.15, 0.2) is 48.5 Å². The highest BCUT2D eigenvalue weighted by Gasteiger charge is 2.30. The Bertz CT molecular complexity index is 933. The van der Waals surface area contributed by atoms with Crippen molar-refractivity contribution in [3.05, 3.63) is 59.7 Å². The number of carbonyl (C=O) groups is 3. The zero-order valence-corrected chi connectivity index (χ0v) is 19.0. The predicted octanol–water partition coefficient (Wildman–Crippen LogP) is 3.48. The first-order valence-electron chi connectivity index (χ1n) is 10.6. The summed E-state index contributed by atoms with van der Waals surface area (Å²) in [7, 11) is 0. The standard InChI is InChI=1S/C24H28N2O5S/c1-15(2)22(23(29)25-11-12-32-14-21(27)28)26-24(30)31-13-20-18-9-5-3-7-16(18)17-8-4-6-10-19(17)20/h3-10,15,20,22H,11-14H2,1-2H3,(H,25,29)(H,26,30)(H,27,28)/t22-/m0/s1. The fourth-order valence-electron chi connectivity index (χ4n) is 3.82. The largest absolute Gasteiger partial charge is 0.481 e. The van der Waals surface area contributed by atoms with Crippen molar-refractivity contribution in [1.29, 1.82) is 0 Å². The molecule has 0 aliphatic heterocycles. The first-order valence-corrected chi connectivity index (χ1v) is 11.7. The van der Waals surface area contributed by atoms with E-state index in [2.05, 4.69) is 22.8 Å². The molecule has 0 fully saturated rings. The van der Waals surface area contributed by atoms with Gasteiger partial charge in [-0.1, -0.05) is 62.4 Å². The van der Waals surface area contributed by atoms with E-state index in [1.165, 1.54) is 11.8 Å². The first-order chi connectivity index (χ1) is 15.4. The highest BCUT2D eigenvalue weighted by atomic mass is 32.2. The Morgan fingerprint density at radius 1 is 1.03 bits per heavy atom. The number of amides is 2. The molecule has 0 unspecified atom stereocenters. The number of benzene rings is 2. The van der Waals surface area contributed by atoms with Crippen LogP contribution in [0, 0.1) is 5.92 Å². The van der Waals surface area contributed by atoms with Crippen molar-refractivity contribution in [2.45, 2.75) is 25.8 Å². The molecular formula is C24H28N2O5S. The van der Waals surface area contributed by atoms with Gasteiger partial charge in [-0.2, -0.15) is 0 Å². The van der Waals surface area contributed by atoms with Crippen molar-refractivity contribution in [3.8, 4) is 11.1 Å². The number of carbonyl (C=O) groups excluding carboxylic acids is 2. The predicted molar refractivity (Wildman–Crippen MR) is 125 cm³/mol. The molecule has 1 atom stereocenters. The number of hydrogen-bond donors (Lipinski definition) is 3. The number of thioether (sulfide) groups is 1. The number of ether oxygens (including phenoxy) is 1. The lowest BCUT2D eigenvalue weighted by atomic mass is 9.98. The molecule has 0 spiro atoms. The summed E-state index contributed by atoms with van der Waals surface area (Å²) in [4.78, 5) is 35.5. The van der Waals surface area contributed by atoms with Gasteiger partial charge in [-0.05, 0) is 28.2 Å². The van der Waals surface area contributed by atoms with Gasteiger partial charge in [0, 0.05) is 18.2 Å². The van der Waals surface area contributed by atoms with Crippen molar-refractivity contribution in [2.24, 2.45) is 5.92 Å². The summed E-state index contributed by atoms with van der Waals surface area (Å²) in [5.74, 6) is -0.925. The second-order valence-corrected chi connectivity index (χ2v) is 9.03. The summed E-state index contributed by atoms with van der Waals surface area (Å²) in [6.45, 7) is 4.19. The van der Waals surface area contributed by atoms with Crippen LogP contribution in [0.25, 0.3) is 11.1 Å². The van der Waals surface area contributed by atoms with E-state index in [0.29, 0.717) is 12.3 Å². The van der Waals surface area contributed by atoms with E-state index < -0.39 is 18.1 Å². The molecule has 0 saturated carbocycles. The van der Waals surface area contributed by atoms with Gasteiger partial charge in [-0.25, -0.2) is 4.79 Å². The average molecular weight is 457 g/mol. The van der Waals surface area contributed by atoms with Gasteiger partial charge >= 0.3 is 12.1 Å². The van der Waals surface area contributed by atoms with E-state index in [-0.39, 0.29) is 30.1 Å². The molecule has 0 radical (unpaired) electrons. The molecular weight excluding hydrogens is 428 g/mol. The van der Waals surface area contributed by atoms with Crippen molar-refractivity contribution >= 4 is 29.7 Å². The second-order valence-electron chi connectivity index (χ2n) is 7.93. The summed E-state index contributed by atoms with van der Waals surface area (Å²) in [5, 5.41) is 14.1. The molecule has 0 heterocycles. The van der Waals surface area contributed by atoms with Crippen molar-refractivity contribution in [3.63, 3.8) is 0 Å². The molecule has 1 aliphatic carbocycles. The number of fused-ring (bicyclic) bond motifs is 3. The zero-order chi connectivity index (χ0) is 23.1. The van der Waals surface area contributed by atoms with Crippen LogP contribution in [-0.4, -0.2) is 53.8 Å². The van der Waals surface area contributed by atoms with Crippen LogP contribution in [0.1, 0.15) is 30.9 Å².